The van der Waals surface area contributed by atoms with Crippen molar-refractivity contribution in [2.75, 3.05) is 51.1 Å². The van der Waals surface area contributed by atoms with E-state index in [9.17, 15) is 14.4 Å². The minimum Gasteiger partial charge on any atom is -0.491 e. The number of amides is 1. The van der Waals surface area contributed by atoms with Crippen LogP contribution in [-0.2, 0) is 35.0 Å². The quantitative estimate of drug-likeness (QED) is 0.207. The number of esters is 2. The minimum atomic E-state index is -0.717. The lowest BCUT2D eigenvalue weighted by Crippen LogP contribution is -2.43. The van der Waals surface area contributed by atoms with Gasteiger partial charge in [-0.25, -0.2) is 0 Å². The number of carbonyl (C=O) groups is 3. The molecule has 1 amide bonds. The highest BCUT2D eigenvalue weighted by Crippen LogP contribution is 2.12. The molecule has 33 heavy (non-hydrogen) atoms. The second kappa shape index (κ2) is 17.2. The zero-order chi connectivity index (χ0) is 24.5. The Balaban J connectivity index is 2.26. The Kier molecular flexibility index (Phi) is 14.9. The smallest absolute Gasteiger partial charge is 0.303 e. The average Bonchev–Trinajstić information content (AvgIpc) is 2.77. The van der Waals surface area contributed by atoms with Gasteiger partial charge in [0.25, 0.3) is 0 Å². The van der Waals surface area contributed by atoms with Crippen LogP contribution < -0.4 is 15.8 Å². The van der Waals surface area contributed by atoms with Gasteiger partial charge in [-0.05, 0) is 24.1 Å². The molecule has 0 fully saturated rings. The Hall–Kier alpha value is -2.34. The maximum Gasteiger partial charge on any atom is 0.303 e. The Morgan fingerprint density at radius 2 is 1.79 bits per heavy atom. The summed E-state index contributed by atoms with van der Waals surface area (Å²) in [7, 11) is 0. The second-order valence-corrected chi connectivity index (χ2v) is 8.12. The van der Waals surface area contributed by atoms with Gasteiger partial charge in [0.2, 0.25) is 5.91 Å². The first kappa shape index (κ1) is 28.7. The van der Waals surface area contributed by atoms with Crippen molar-refractivity contribution in [1.82, 2.24) is 5.32 Å². The van der Waals surface area contributed by atoms with Crippen LogP contribution in [-0.4, -0.2) is 86.2 Å². The molecular weight excluding hydrogens is 452 g/mol. The molecule has 0 aromatic heterocycles. The van der Waals surface area contributed by atoms with Crippen LogP contribution in [0.1, 0.15) is 19.4 Å². The van der Waals surface area contributed by atoms with E-state index in [1.807, 2.05) is 24.3 Å². The molecule has 2 atom stereocenters. The summed E-state index contributed by atoms with van der Waals surface area (Å²) in [4.78, 5) is 34.3. The molecular formula is C22H34N2O8S. The summed E-state index contributed by atoms with van der Waals surface area (Å²) in [5, 5.41) is 11.4. The third-order valence-electron chi connectivity index (χ3n) is 4.11. The second-order valence-electron chi connectivity index (χ2n) is 7.05. The summed E-state index contributed by atoms with van der Waals surface area (Å²) in [6, 6.07) is 6.82. The van der Waals surface area contributed by atoms with Gasteiger partial charge in [-0.1, -0.05) is 12.1 Å². The highest BCUT2D eigenvalue weighted by atomic mass is 32.2. The van der Waals surface area contributed by atoms with Crippen LogP contribution in [0.4, 0.5) is 0 Å². The molecule has 186 valence electrons. The molecule has 1 rings (SSSR count). The predicted molar refractivity (Wildman–Crippen MR) is 124 cm³/mol. The van der Waals surface area contributed by atoms with Crippen molar-refractivity contribution >= 4 is 29.6 Å². The molecule has 0 aliphatic rings. The van der Waals surface area contributed by atoms with Gasteiger partial charge in [-0.2, -0.15) is 11.8 Å². The van der Waals surface area contributed by atoms with Gasteiger partial charge in [-0.3, -0.25) is 14.4 Å². The summed E-state index contributed by atoms with van der Waals surface area (Å²) >= 11 is 1.34. The van der Waals surface area contributed by atoms with Crippen LogP contribution in [0.15, 0.2) is 24.3 Å². The maximum atomic E-state index is 12.2. The Labute approximate surface area is 198 Å². The minimum absolute atomic E-state index is 0.0107. The summed E-state index contributed by atoms with van der Waals surface area (Å²) < 4.78 is 20.6. The number of hydrogen-bond acceptors (Lipinski definition) is 10. The van der Waals surface area contributed by atoms with Gasteiger partial charge in [-0.15, -0.1) is 0 Å². The van der Waals surface area contributed by atoms with Crippen LogP contribution >= 0.6 is 11.8 Å². The molecule has 10 nitrogen and oxygen atoms in total. The third-order valence-corrected chi connectivity index (χ3v) is 5.31. The van der Waals surface area contributed by atoms with Crippen molar-refractivity contribution in [3.8, 4) is 5.75 Å². The van der Waals surface area contributed by atoms with Gasteiger partial charge in [0.15, 0.2) is 0 Å². The molecule has 0 bridgehead atoms. The van der Waals surface area contributed by atoms with Crippen LogP contribution in [0.2, 0.25) is 0 Å². The number of aliphatic hydroxyl groups is 1. The molecule has 0 saturated carbocycles. The molecule has 1 aromatic carbocycles. The molecule has 0 saturated heterocycles. The number of benzene rings is 1. The Morgan fingerprint density at radius 3 is 2.42 bits per heavy atom. The fourth-order valence-electron chi connectivity index (χ4n) is 2.56. The molecule has 1 aromatic rings. The molecule has 4 N–H and O–H groups in total. The zero-order valence-electron chi connectivity index (χ0n) is 19.1. The van der Waals surface area contributed by atoms with Crippen LogP contribution in [0.3, 0.4) is 0 Å². The van der Waals surface area contributed by atoms with E-state index in [0.717, 1.165) is 11.3 Å². The Morgan fingerprint density at radius 1 is 1.06 bits per heavy atom. The largest absolute Gasteiger partial charge is 0.491 e. The molecule has 0 radical (unpaired) electrons. The van der Waals surface area contributed by atoms with Crippen molar-refractivity contribution in [2.24, 2.45) is 5.73 Å². The summed E-state index contributed by atoms with van der Waals surface area (Å²) in [6.45, 7) is 4.05. The fraction of sp³-hybridized carbons (Fsp3) is 0.591. The summed E-state index contributed by atoms with van der Waals surface area (Å²) in [5.41, 5.74) is 6.98. The fourth-order valence-corrected chi connectivity index (χ4v) is 3.53. The number of ether oxygens (including phenoxy) is 4. The standard InChI is InChI=1S/C22H34N2O8S/c1-16(26)31-13-20(32-17(2)27)14-33-15-21(23)22(28)24-8-7-18-3-5-19(6-4-18)30-12-11-29-10-9-25/h3-6,20-21,25H,7-15,23H2,1-2H3,(H,24,28). The number of hydrogen-bond donors (Lipinski definition) is 3. The molecule has 0 aliphatic heterocycles. The van der Waals surface area contributed by atoms with Gasteiger partial charge in [0, 0.05) is 31.9 Å². The van der Waals surface area contributed by atoms with Crippen molar-refractivity contribution in [1.29, 1.82) is 0 Å². The lowest BCUT2D eigenvalue weighted by molar-refractivity contribution is -0.154. The lowest BCUT2D eigenvalue weighted by atomic mass is 10.1. The number of carbonyl (C=O) groups excluding carboxylic acids is 3. The number of nitrogens with two attached hydrogens (primary N) is 1. The van der Waals surface area contributed by atoms with E-state index >= 15 is 0 Å². The molecule has 11 heteroatoms. The van der Waals surface area contributed by atoms with Gasteiger partial charge in [0.1, 0.15) is 25.1 Å². The third kappa shape index (κ3) is 14.4. The molecule has 0 aliphatic carbocycles. The highest BCUT2D eigenvalue weighted by molar-refractivity contribution is 7.99. The predicted octanol–water partition coefficient (Wildman–Crippen LogP) is 0.288. The number of nitrogens with one attached hydrogen (secondary N) is 1. The number of rotatable bonds is 17. The molecule has 0 spiro atoms. The number of aliphatic hydroxyl groups excluding tert-OH is 1. The van der Waals surface area contributed by atoms with E-state index in [1.54, 1.807) is 0 Å². The van der Waals surface area contributed by atoms with Crippen molar-refractivity contribution in [2.45, 2.75) is 32.4 Å². The van der Waals surface area contributed by atoms with Gasteiger partial charge < -0.3 is 35.1 Å². The van der Waals surface area contributed by atoms with Crippen LogP contribution in [0, 0.1) is 0 Å². The summed E-state index contributed by atoms with van der Waals surface area (Å²) in [5.74, 6) is 0.207. The van der Waals surface area contributed by atoms with Gasteiger partial charge in [0.05, 0.1) is 25.9 Å². The van der Waals surface area contributed by atoms with Crippen molar-refractivity contribution in [3.63, 3.8) is 0 Å². The SMILES string of the molecule is CC(=O)OCC(CSCC(N)C(=O)NCCc1ccc(OCCOCCO)cc1)OC(C)=O. The maximum absolute atomic E-state index is 12.2. The van der Waals surface area contributed by atoms with Crippen molar-refractivity contribution in [3.05, 3.63) is 29.8 Å². The first-order valence-electron chi connectivity index (χ1n) is 10.6. The normalized spacial score (nSPS) is 12.5. The average molecular weight is 487 g/mol. The zero-order valence-corrected chi connectivity index (χ0v) is 19.9. The topological polar surface area (TPSA) is 146 Å². The monoisotopic (exact) mass is 486 g/mol. The van der Waals surface area contributed by atoms with E-state index in [2.05, 4.69) is 5.32 Å². The van der Waals surface area contributed by atoms with Crippen LogP contribution in [0.25, 0.3) is 0 Å². The van der Waals surface area contributed by atoms with Gasteiger partial charge >= 0.3 is 11.9 Å². The summed E-state index contributed by atoms with van der Waals surface area (Å²) in [6.07, 6.45) is 0.0502. The van der Waals surface area contributed by atoms with E-state index in [4.69, 9.17) is 29.8 Å². The lowest BCUT2D eigenvalue weighted by Gasteiger charge is -2.17. The van der Waals surface area contributed by atoms with E-state index in [-0.39, 0.29) is 19.1 Å². The molecule has 0 heterocycles. The van der Waals surface area contributed by atoms with E-state index in [1.165, 1.54) is 25.6 Å². The van der Waals surface area contributed by atoms with Crippen LogP contribution in [0.5, 0.6) is 5.75 Å². The van der Waals surface area contributed by atoms with E-state index < -0.39 is 24.1 Å². The Bertz CT molecular complexity index is 717. The highest BCUT2D eigenvalue weighted by Gasteiger charge is 2.17. The first-order chi connectivity index (χ1) is 15.8. The molecule has 2 unspecified atom stereocenters. The first-order valence-corrected chi connectivity index (χ1v) is 11.8. The van der Waals surface area contributed by atoms with Crippen molar-refractivity contribution < 1.29 is 38.4 Å². The number of thioether (sulfide) groups is 1. The van der Waals surface area contributed by atoms with E-state index in [0.29, 0.717) is 44.3 Å².